The Balaban J connectivity index is 2.11. The van der Waals surface area contributed by atoms with Crippen LogP contribution < -0.4 is 32.2 Å². The van der Waals surface area contributed by atoms with Gasteiger partial charge in [0.1, 0.15) is 22.8 Å². The normalized spacial score (nSPS) is 18.7. The lowest BCUT2D eigenvalue weighted by molar-refractivity contribution is -0.112. The Morgan fingerprint density at radius 3 is 2.69 bits per heavy atom. The van der Waals surface area contributed by atoms with Crippen LogP contribution in [0.25, 0.3) is 11.3 Å². The van der Waals surface area contributed by atoms with Crippen LogP contribution in [-0.2, 0) is 4.79 Å². The number of rotatable bonds is 9. The molecule has 1 saturated carbocycles. The summed E-state index contributed by atoms with van der Waals surface area (Å²) in [5, 5.41) is 13.7. The number of benzene rings is 1. The van der Waals surface area contributed by atoms with Crippen LogP contribution in [0.5, 0.6) is 5.75 Å². The first-order valence-corrected chi connectivity index (χ1v) is 11.5. The molecule has 1 fully saturated rings. The van der Waals surface area contributed by atoms with Crippen molar-refractivity contribution >= 4 is 23.2 Å². The van der Waals surface area contributed by atoms with Crippen LogP contribution in [0, 0.1) is 0 Å². The lowest BCUT2D eigenvalue weighted by Gasteiger charge is -2.29. The van der Waals surface area contributed by atoms with Crippen LogP contribution in [0.4, 0.5) is 14.5 Å². The van der Waals surface area contributed by atoms with Crippen LogP contribution in [0.15, 0.2) is 48.1 Å². The Kier molecular flexibility index (Phi) is 8.57. The van der Waals surface area contributed by atoms with E-state index < -0.39 is 12.5 Å². The standard InChI is InChI=1S/C23H30ClF2N7O2/c1-12(27)19(21(28)30-3)22(34)31-17-11-33(15-6-4-5-14(10-15)29-2)32-20(17)16-9-13(24)7-8-18(16)35-23(25)26/h7-9,11,14-15,23,29-30H,1,4-6,10,27-28H2,2-3H3,(H,31,34)/b21-19-/t14-,15+/m1/s1. The van der Waals surface area contributed by atoms with E-state index in [2.05, 4.69) is 27.6 Å². The second-order valence-corrected chi connectivity index (χ2v) is 8.65. The van der Waals surface area contributed by atoms with Gasteiger partial charge in [0.05, 0.1) is 11.7 Å². The Morgan fingerprint density at radius 2 is 2.06 bits per heavy atom. The number of aromatic nitrogens is 2. The van der Waals surface area contributed by atoms with E-state index in [9.17, 15) is 13.6 Å². The number of anilines is 1. The van der Waals surface area contributed by atoms with Crippen LogP contribution >= 0.6 is 11.6 Å². The van der Waals surface area contributed by atoms with Crippen molar-refractivity contribution in [2.24, 2.45) is 11.5 Å². The third-order valence-electron chi connectivity index (χ3n) is 5.91. The Labute approximate surface area is 207 Å². The summed E-state index contributed by atoms with van der Waals surface area (Å²) in [7, 11) is 3.45. The Hall–Kier alpha value is -3.31. The van der Waals surface area contributed by atoms with E-state index in [0.717, 1.165) is 25.7 Å². The molecule has 1 amide bonds. The maximum absolute atomic E-state index is 13.1. The molecule has 9 nitrogen and oxygen atoms in total. The molecule has 1 aliphatic carbocycles. The predicted octanol–water partition coefficient (Wildman–Crippen LogP) is 3.31. The van der Waals surface area contributed by atoms with Crippen molar-refractivity contribution in [1.29, 1.82) is 0 Å². The molecular formula is C23H30ClF2N7O2. The fourth-order valence-electron chi connectivity index (χ4n) is 4.17. The number of nitrogens with zero attached hydrogens (tertiary/aromatic N) is 2. The van der Waals surface area contributed by atoms with E-state index in [1.165, 1.54) is 25.2 Å². The van der Waals surface area contributed by atoms with Gasteiger partial charge in [-0.1, -0.05) is 18.2 Å². The van der Waals surface area contributed by atoms with Crippen molar-refractivity contribution in [3.63, 3.8) is 0 Å². The van der Waals surface area contributed by atoms with Crippen LogP contribution in [-0.4, -0.2) is 42.4 Å². The van der Waals surface area contributed by atoms with Crippen LogP contribution in [0.3, 0.4) is 0 Å². The van der Waals surface area contributed by atoms with Gasteiger partial charge in [-0.2, -0.15) is 13.9 Å². The second-order valence-electron chi connectivity index (χ2n) is 8.21. The predicted molar refractivity (Wildman–Crippen MR) is 132 cm³/mol. The minimum atomic E-state index is -3.06. The summed E-state index contributed by atoms with van der Waals surface area (Å²) < 4.78 is 32.7. The van der Waals surface area contributed by atoms with Crippen molar-refractivity contribution in [3.05, 3.63) is 53.1 Å². The van der Waals surface area contributed by atoms with Crippen molar-refractivity contribution < 1.29 is 18.3 Å². The number of alkyl halides is 2. The zero-order valence-corrected chi connectivity index (χ0v) is 20.3. The van der Waals surface area contributed by atoms with E-state index in [0.29, 0.717) is 6.04 Å². The summed E-state index contributed by atoms with van der Waals surface area (Å²) in [6.45, 7) is 0.553. The summed E-state index contributed by atoms with van der Waals surface area (Å²) in [5.74, 6) is -0.742. The molecule has 1 aromatic carbocycles. The van der Waals surface area contributed by atoms with Gasteiger partial charge >= 0.3 is 6.61 Å². The highest BCUT2D eigenvalue weighted by Gasteiger charge is 2.27. The van der Waals surface area contributed by atoms with Crippen LogP contribution in [0.2, 0.25) is 5.02 Å². The van der Waals surface area contributed by atoms with Gasteiger partial charge in [-0.25, -0.2) is 0 Å². The summed E-state index contributed by atoms with van der Waals surface area (Å²) in [4.78, 5) is 13.1. The molecule has 7 N–H and O–H groups in total. The number of hydrogen-bond acceptors (Lipinski definition) is 7. The highest BCUT2D eigenvalue weighted by molar-refractivity contribution is 6.31. The van der Waals surface area contributed by atoms with Gasteiger partial charge in [-0.15, -0.1) is 0 Å². The third kappa shape index (κ3) is 6.23. The van der Waals surface area contributed by atoms with Crippen LogP contribution in [0.1, 0.15) is 31.7 Å². The monoisotopic (exact) mass is 509 g/mol. The quantitative estimate of drug-likeness (QED) is 0.259. The maximum atomic E-state index is 13.1. The molecule has 0 aliphatic heterocycles. The van der Waals surface area contributed by atoms with Gasteiger partial charge in [0.15, 0.2) is 0 Å². The van der Waals surface area contributed by atoms with Crippen molar-refractivity contribution in [2.45, 2.75) is 44.4 Å². The largest absolute Gasteiger partial charge is 0.434 e. The number of halogens is 3. The molecule has 1 aliphatic rings. The topological polar surface area (TPSA) is 132 Å². The molecule has 0 bridgehead atoms. The number of nitrogens with two attached hydrogens (primary N) is 2. The van der Waals surface area contributed by atoms with E-state index in [-0.39, 0.29) is 50.8 Å². The molecule has 0 radical (unpaired) electrons. The number of amides is 1. The summed E-state index contributed by atoms with van der Waals surface area (Å²) in [6.07, 6.45) is 5.39. The Bertz CT molecular complexity index is 1120. The number of ether oxygens (including phenoxy) is 1. The first-order valence-electron chi connectivity index (χ1n) is 11.1. The van der Waals surface area contributed by atoms with Crippen molar-refractivity contribution in [3.8, 4) is 17.0 Å². The Morgan fingerprint density at radius 1 is 1.31 bits per heavy atom. The number of nitrogens with one attached hydrogen (secondary N) is 3. The van der Waals surface area contributed by atoms with Gasteiger partial charge in [0.25, 0.3) is 5.91 Å². The zero-order valence-electron chi connectivity index (χ0n) is 19.6. The van der Waals surface area contributed by atoms with Gasteiger partial charge in [0, 0.05) is 35.6 Å². The molecule has 12 heteroatoms. The number of hydrogen-bond donors (Lipinski definition) is 5. The van der Waals surface area contributed by atoms with E-state index >= 15 is 0 Å². The minimum absolute atomic E-state index is 0.0255. The van der Waals surface area contributed by atoms with Gasteiger partial charge in [-0.05, 0) is 50.9 Å². The smallest absolute Gasteiger partial charge is 0.387 e. The molecule has 0 spiro atoms. The average Bonchev–Trinajstić information content (AvgIpc) is 3.23. The summed E-state index contributed by atoms with van der Waals surface area (Å²) in [6, 6.07) is 4.57. The molecule has 0 unspecified atom stereocenters. The highest BCUT2D eigenvalue weighted by Crippen LogP contribution is 2.39. The molecule has 2 aromatic rings. The van der Waals surface area contributed by atoms with Gasteiger partial charge in [0.2, 0.25) is 0 Å². The van der Waals surface area contributed by atoms with E-state index in [1.54, 1.807) is 10.9 Å². The van der Waals surface area contributed by atoms with E-state index in [4.69, 9.17) is 27.8 Å². The molecule has 2 atom stereocenters. The van der Waals surface area contributed by atoms with Crippen molar-refractivity contribution in [1.82, 2.24) is 20.4 Å². The highest BCUT2D eigenvalue weighted by atomic mass is 35.5. The average molecular weight is 510 g/mol. The summed E-state index contributed by atoms with van der Waals surface area (Å²) in [5.41, 5.74) is 12.3. The SMILES string of the molecule is C=C(N)/C(C(=O)Nc1cn([C@H]2CCC[C@@H](NC)C2)nc1-c1cc(Cl)ccc1OC(F)F)=C(\N)NC. The van der Waals surface area contributed by atoms with Gasteiger partial charge < -0.3 is 32.2 Å². The molecular weight excluding hydrogens is 480 g/mol. The third-order valence-corrected chi connectivity index (χ3v) is 6.14. The minimum Gasteiger partial charge on any atom is -0.434 e. The number of carbonyl (C=O) groups excluding carboxylic acids is 1. The fourth-order valence-corrected chi connectivity index (χ4v) is 4.34. The molecule has 0 saturated heterocycles. The number of carbonyl (C=O) groups is 1. The molecule has 1 heterocycles. The fraction of sp³-hybridized carbons (Fsp3) is 0.391. The maximum Gasteiger partial charge on any atom is 0.387 e. The molecule has 35 heavy (non-hydrogen) atoms. The first kappa shape index (κ1) is 26.3. The molecule has 1 aromatic heterocycles. The van der Waals surface area contributed by atoms with Crippen molar-refractivity contribution in [2.75, 3.05) is 19.4 Å². The molecule has 190 valence electrons. The first-order chi connectivity index (χ1) is 16.6. The second kappa shape index (κ2) is 11.4. The van der Waals surface area contributed by atoms with E-state index in [1.807, 2.05) is 7.05 Å². The lowest BCUT2D eigenvalue weighted by Crippen LogP contribution is -2.32. The zero-order chi connectivity index (χ0) is 25.7. The summed E-state index contributed by atoms with van der Waals surface area (Å²) >= 11 is 6.17. The molecule has 3 rings (SSSR count). The van der Waals surface area contributed by atoms with Gasteiger partial charge in [-0.3, -0.25) is 9.48 Å². The lowest BCUT2D eigenvalue weighted by atomic mass is 9.91.